The van der Waals surface area contributed by atoms with E-state index in [1.54, 1.807) is 0 Å². The zero-order valence-corrected chi connectivity index (χ0v) is 13.6. The van der Waals surface area contributed by atoms with Gasteiger partial charge in [-0.3, -0.25) is 14.5 Å². The second-order valence-corrected chi connectivity index (χ2v) is 6.40. The molecule has 2 aliphatic rings. The Morgan fingerprint density at radius 3 is 3.05 bits per heavy atom. The molecule has 0 bridgehead atoms. The minimum atomic E-state index is -0.381. The summed E-state index contributed by atoms with van der Waals surface area (Å²) in [5.74, 6) is -0.133. The SMILES string of the molecule is CN(C)C[C@@H]1CN(CC(=O)N[C@@H]2CCCCNC2=O)CCO1. The maximum Gasteiger partial charge on any atom is 0.242 e. The van der Waals surface area contributed by atoms with E-state index in [9.17, 15) is 9.59 Å². The van der Waals surface area contributed by atoms with Gasteiger partial charge in [0.25, 0.3) is 0 Å². The Morgan fingerprint density at radius 1 is 1.45 bits per heavy atom. The van der Waals surface area contributed by atoms with Crippen molar-refractivity contribution in [1.82, 2.24) is 20.4 Å². The molecule has 2 atom stereocenters. The van der Waals surface area contributed by atoms with Gasteiger partial charge in [0.1, 0.15) is 6.04 Å². The van der Waals surface area contributed by atoms with Gasteiger partial charge < -0.3 is 20.3 Å². The summed E-state index contributed by atoms with van der Waals surface area (Å²) in [6.45, 7) is 4.05. The molecule has 0 saturated carbocycles. The Bertz CT molecular complexity index is 389. The maximum absolute atomic E-state index is 12.2. The van der Waals surface area contributed by atoms with Crippen molar-refractivity contribution in [2.45, 2.75) is 31.4 Å². The van der Waals surface area contributed by atoms with Gasteiger partial charge in [0.15, 0.2) is 0 Å². The van der Waals surface area contributed by atoms with Crippen LogP contribution in [0.25, 0.3) is 0 Å². The lowest BCUT2D eigenvalue weighted by Gasteiger charge is -2.33. The molecule has 2 fully saturated rings. The molecule has 7 nitrogen and oxygen atoms in total. The first-order chi connectivity index (χ1) is 10.5. The van der Waals surface area contributed by atoms with Crippen LogP contribution in [0.4, 0.5) is 0 Å². The summed E-state index contributed by atoms with van der Waals surface area (Å²) in [4.78, 5) is 28.2. The van der Waals surface area contributed by atoms with Crippen LogP contribution in [0.15, 0.2) is 0 Å². The monoisotopic (exact) mass is 312 g/mol. The van der Waals surface area contributed by atoms with E-state index in [0.717, 1.165) is 38.9 Å². The minimum Gasteiger partial charge on any atom is -0.374 e. The van der Waals surface area contributed by atoms with Crippen molar-refractivity contribution in [1.29, 1.82) is 0 Å². The van der Waals surface area contributed by atoms with Gasteiger partial charge in [-0.2, -0.15) is 0 Å². The number of amides is 2. The van der Waals surface area contributed by atoms with Crippen molar-refractivity contribution in [2.75, 3.05) is 53.4 Å². The summed E-state index contributed by atoms with van der Waals surface area (Å²) < 4.78 is 5.70. The van der Waals surface area contributed by atoms with Crippen LogP contribution in [-0.4, -0.2) is 87.2 Å². The Kier molecular flexibility index (Phi) is 6.60. The predicted molar refractivity (Wildman–Crippen MR) is 83.5 cm³/mol. The second-order valence-electron chi connectivity index (χ2n) is 6.40. The van der Waals surface area contributed by atoms with Gasteiger partial charge in [0.05, 0.1) is 19.3 Å². The molecule has 0 spiro atoms. The Balaban J connectivity index is 1.77. The molecule has 2 rings (SSSR count). The van der Waals surface area contributed by atoms with Gasteiger partial charge in [-0.05, 0) is 33.4 Å². The van der Waals surface area contributed by atoms with E-state index in [4.69, 9.17) is 4.74 Å². The summed E-state index contributed by atoms with van der Waals surface area (Å²) in [7, 11) is 4.03. The second kappa shape index (κ2) is 8.45. The van der Waals surface area contributed by atoms with Crippen LogP contribution in [0.3, 0.4) is 0 Å². The van der Waals surface area contributed by atoms with Crippen LogP contribution < -0.4 is 10.6 Å². The summed E-state index contributed by atoms with van der Waals surface area (Å²) in [6.07, 6.45) is 2.81. The Labute approximate surface area is 132 Å². The number of carbonyl (C=O) groups is 2. The molecule has 0 aromatic heterocycles. The highest BCUT2D eigenvalue weighted by Crippen LogP contribution is 2.07. The molecule has 2 heterocycles. The van der Waals surface area contributed by atoms with Gasteiger partial charge >= 0.3 is 0 Å². The topological polar surface area (TPSA) is 73.9 Å². The lowest BCUT2D eigenvalue weighted by molar-refractivity contribution is -0.130. The lowest BCUT2D eigenvalue weighted by atomic mass is 10.1. The molecule has 0 aromatic carbocycles. The molecular weight excluding hydrogens is 284 g/mol. The summed E-state index contributed by atoms with van der Waals surface area (Å²) in [5, 5.41) is 5.71. The van der Waals surface area contributed by atoms with E-state index in [-0.39, 0.29) is 24.0 Å². The summed E-state index contributed by atoms with van der Waals surface area (Å²) in [6, 6.07) is -0.381. The highest BCUT2D eigenvalue weighted by molar-refractivity contribution is 5.88. The van der Waals surface area contributed by atoms with Crippen molar-refractivity contribution in [3.8, 4) is 0 Å². The van der Waals surface area contributed by atoms with E-state index in [1.807, 2.05) is 14.1 Å². The van der Waals surface area contributed by atoms with E-state index < -0.39 is 0 Å². The van der Waals surface area contributed by atoms with Crippen LogP contribution in [-0.2, 0) is 14.3 Å². The van der Waals surface area contributed by atoms with Gasteiger partial charge in [-0.25, -0.2) is 0 Å². The van der Waals surface area contributed by atoms with Crippen LogP contribution in [0, 0.1) is 0 Å². The normalized spacial score (nSPS) is 27.3. The van der Waals surface area contributed by atoms with Crippen LogP contribution in [0.2, 0.25) is 0 Å². The van der Waals surface area contributed by atoms with Crippen molar-refractivity contribution in [2.24, 2.45) is 0 Å². The first kappa shape index (κ1) is 17.2. The molecule has 7 heteroatoms. The fourth-order valence-corrected chi connectivity index (χ4v) is 2.96. The molecule has 0 radical (unpaired) electrons. The van der Waals surface area contributed by atoms with Gasteiger partial charge in [-0.15, -0.1) is 0 Å². The highest BCUT2D eigenvalue weighted by atomic mass is 16.5. The number of carbonyl (C=O) groups excluding carboxylic acids is 2. The third kappa shape index (κ3) is 5.55. The number of morpholine rings is 1. The van der Waals surface area contributed by atoms with Gasteiger partial charge in [0.2, 0.25) is 11.8 Å². The number of ether oxygens (including phenoxy) is 1. The van der Waals surface area contributed by atoms with Gasteiger partial charge in [-0.1, -0.05) is 0 Å². The van der Waals surface area contributed by atoms with Gasteiger partial charge in [0, 0.05) is 26.2 Å². The van der Waals surface area contributed by atoms with Crippen molar-refractivity contribution >= 4 is 11.8 Å². The molecule has 22 heavy (non-hydrogen) atoms. The smallest absolute Gasteiger partial charge is 0.242 e. The quantitative estimate of drug-likeness (QED) is 0.684. The largest absolute Gasteiger partial charge is 0.374 e. The van der Waals surface area contributed by atoms with Crippen molar-refractivity contribution in [3.05, 3.63) is 0 Å². The molecular formula is C15H28N4O3. The average molecular weight is 312 g/mol. The Hall–Kier alpha value is -1.18. The highest BCUT2D eigenvalue weighted by Gasteiger charge is 2.26. The molecule has 2 N–H and O–H groups in total. The van der Waals surface area contributed by atoms with E-state index in [0.29, 0.717) is 19.7 Å². The number of likely N-dealkylation sites (N-methyl/N-ethyl adjacent to an activating group) is 1. The molecule has 2 amide bonds. The molecule has 2 aliphatic heterocycles. The van der Waals surface area contributed by atoms with E-state index in [1.165, 1.54) is 0 Å². The standard InChI is InChI=1S/C15H28N4O3/c1-18(2)9-12-10-19(7-8-22-12)11-14(20)17-13-5-3-4-6-16-15(13)21/h12-13H,3-11H2,1-2H3,(H,16,21)(H,17,20)/t12-,13-/m1/s1. The zero-order chi connectivity index (χ0) is 15.9. The molecule has 2 saturated heterocycles. The summed E-state index contributed by atoms with van der Waals surface area (Å²) >= 11 is 0. The molecule has 126 valence electrons. The maximum atomic E-state index is 12.2. The fourth-order valence-electron chi connectivity index (χ4n) is 2.96. The zero-order valence-electron chi connectivity index (χ0n) is 13.6. The average Bonchev–Trinajstić information content (AvgIpc) is 2.64. The summed E-state index contributed by atoms with van der Waals surface area (Å²) in [5.41, 5.74) is 0. The van der Waals surface area contributed by atoms with E-state index in [2.05, 4.69) is 20.4 Å². The number of nitrogens with zero attached hydrogens (tertiary/aromatic N) is 2. The first-order valence-corrected chi connectivity index (χ1v) is 8.10. The van der Waals surface area contributed by atoms with Crippen molar-refractivity contribution in [3.63, 3.8) is 0 Å². The lowest BCUT2D eigenvalue weighted by Crippen LogP contribution is -2.52. The fraction of sp³-hybridized carbons (Fsp3) is 0.867. The van der Waals surface area contributed by atoms with Crippen LogP contribution >= 0.6 is 0 Å². The molecule has 0 unspecified atom stereocenters. The van der Waals surface area contributed by atoms with Crippen LogP contribution in [0.5, 0.6) is 0 Å². The van der Waals surface area contributed by atoms with Crippen LogP contribution in [0.1, 0.15) is 19.3 Å². The molecule has 0 aromatic rings. The predicted octanol–water partition coefficient (Wildman–Crippen LogP) is -0.966. The molecule has 0 aliphatic carbocycles. The number of hydrogen-bond donors (Lipinski definition) is 2. The minimum absolute atomic E-state index is 0.0571. The van der Waals surface area contributed by atoms with E-state index >= 15 is 0 Å². The third-order valence-electron chi connectivity index (χ3n) is 4.03. The first-order valence-electron chi connectivity index (χ1n) is 8.10. The number of hydrogen-bond acceptors (Lipinski definition) is 5. The van der Waals surface area contributed by atoms with Crippen molar-refractivity contribution < 1.29 is 14.3 Å². The number of nitrogens with one attached hydrogen (secondary N) is 2. The third-order valence-corrected chi connectivity index (χ3v) is 4.03. The Morgan fingerprint density at radius 2 is 2.27 bits per heavy atom. The number of rotatable bonds is 5.